The Morgan fingerprint density at radius 1 is 1.36 bits per heavy atom. The van der Waals surface area contributed by atoms with Gasteiger partial charge >= 0.3 is 0 Å². The van der Waals surface area contributed by atoms with E-state index in [-0.39, 0.29) is 17.2 Å². The zero-order valence-corrected chi connectivity index (χ0v) is 18.0. The minimum absolute atomic E-state index is 0.153. The molecule has 1 unspecified atom stereocenters. The number of thiophene rings is 1. The minimum Gasteiger partial charge on any atom is -0.357 e. The van der Waals surface area contributed by atoms with Crippen LogP contribution in [0.25, 0.3) is 0 Å². The van der Waals surface area contributed by atoms with Crippen molar-refractivity contribution < 1.29 is 8.42 Å². The maximum Gasteiger partial charge on any atom is 0.191 e. The first-order chi connectivity index (χ1) is 11.5. The average molecular weight is 388 g/mol. The van der Waals surface area contributed by atoms with Gasteiger partial charge in [0, 0.05) is 41.6 Å². The Morgan fingerprint density at radius 2 is 2.04 bits per heavy atom. The van der Waals surface area contributed by atoms with Crippen molar-refractivity contribution in [2.75, 3.05) is 25.1 Å². The largest absolute Gasteiger partial charge is 0.357 e. The van der Waals surface area contributed by atoms with Crippen LogP contribution in [0.1, 0.15) is 43.9 Å². The van der Waals surface area contributed by atoms with E-state index < -0.39 is 9.84 Å². The van der Waals surface area contributed by atoms with Gasteiger partial charge in [0.15, 0.2) is 5.96 Å². The van der Waals surface area contributed by atoms with Gasteiger partial charge in [-0.05, 0) is 44.7 Å². The highest BCUT2D eigenvalue weighted by Crippen LogP contribution is 2.21. The molecule has 25 heavy (non-hydrogen) atoms. The summed E-state index contributed by atoms with van der Waals surface area (Å²) in [6, 6.07) is 4.60. The van der Waals surface area contributed by atoms with Gasteiger partial charge in [0.2, 0.25) is 0 Å². The van der Waals surface area contributed by atoms with Gasteiger partial charge in [0.05, 0.1) is 5.75 Å². The molecule has 0 aromatic carbocycles. The van der Waals surface area contributed by atoms with Crippen molar-refractivity contribution in [2.45, 2.75) is 53.5 Å². The molecule has 0 aliphatic rings. The summed E-state index contributed by atoms with van der Waals surface area (Å²) in [6.07, 6.45) is 2.85. The van der Waals surface area contributed by atoms with Gasteiger partial charge in [-0.3, -0.25) is 4.99 Å². The van der Waals surface area contributed by atoms with Crippen molar-refractivity contribution in [1.29, 1.82) is 0 Å². The molecule has 0 saturated carbocycles. The van der Waals surface area contributed by atoms with E-state index in [0.29, 0.717) is 13.0 Å². The molecule has 0 bridgehead atoms. The van der Waals surface area contributed by atoms with E-state index in [1.54, 1.807) is 0 Å². The standard InChI is InChI=1S/C18H33N3O2S2/c1-7-19-17(20-13-18(4,5)10-11-25(6,22)23)21-14(2)12-16-9-8-15(3)24-16/h8-9,14H,7,10-13H2,1-6H3,(H2,19,20,21). The third-order valence-electron chi connectivity index (χ3n) is 3.85. The van der Waals surface area contributed by atoms with E-state index in [9.17, 15) is 8.42 Å². The zero-order chi connectivity index (χ0) is 19.1. The van der Waals surface area contributed by atoms with Crippen LogP contribution in [-0.2, 0) is 16.3 Å². The summed E-state index contributed by atoms with van der Waals surface area (Å²) >= 11 is 1.83. The summed E-state index contributed by atoms with van der Waals surface area (Å²) in [6.45, 7) is 11.8. The fourth-order valence-electron chi connectivity index (χ4n) is 2.33. The Balaban J connectivity index is 2.62. The van der Waals surface area contributed by atoms with Gasteiger partial charge in [0.25, 0.3) is 0 Å². The minimum atomic E-state index is -2.94. The van der Waals surface area contributed by atoms with Crippen molar-refractivity contribution in [3.05, 3.63) is 21.9 Å². The molecule has 0 aliphatic carbocycles. The van der Waals surface area contributed by atoms with Crippen molar-refractivity contribution in [3.63, 3.8) is 0 Å². The van der Waals surface area contributed by atoms with Crippen LogP contribution in [0.15, 0.2) is 17.1 Å². The quantitative estimate of drug-likeness (QED) is 0.505. The van der Waals surface area contributed by atoms with E-state index in [4.69, 9.17) is 0 Å². The predicted octanol–water partition coefficient (Wildman–Crippen LogP) is 3.00. The Kier molecular flexibility index (Phi) is 8.41. The van der Waals surface area contributed by atoms with Gasteiger partial charge in [0.1, 0.15) is 9.84 Å². The number of rotatable bonds is 9. The van der Waals surface area contributed by atoms with Crippen molar-refractivity contribution in [1.82, 2.24) is 10.6 Å². The summed E-state index contributed by atoms with van der Waals surface area (Å²) in [4.78, 5) is 7.37. The van der Waals surface area contributed by atoms with Crippen LogP contribution in [0.5, 0.6) is 0 Å². The van der Waals surface area contributed by atoms with Gasteiger partial charge < -0.3 is 10.6 Å². The van der Waals surface area contributed by atoms with E-state index in [1.165, 1.54) is 16.0 Å². The van der Waals surface area contributed by atoms with Crippen molar-refractivity contribution >= 4 is 27.1 Å². The number of nitrogens with one attached hydrogen (secondary N) is 2. The molecule has 0 spiro atoms. The highest BCUT2D eigenvalue weighted by Gasteiger charge is 2.20. The lowest BCUT2D eigenvalue weighted by molar-refractivity contribution is 0.365. The number of aryl methyl sites for hydroxylation is 1. The predicted molar refractivity (Wildman–Crippen MR) is 109 cm³/mol. The smallest absolute Gasteiger partial charge is 0.191 e. The molecule has 2 N–H and O–H groups in total. The zero-order valence-electron chi connectivity index (χ0n) is 16.3. The number of nitrogens with zero attached hydrogens (tertiary/aromatic N) is 1. The van der Waals surface area contributed by atoms with E-state index >= 15 is 0 Å². The summed E-state index contributed by atoms with van der Waals surface area (Å²) in [5.74, 6) is 0.990. The molecule has 1 atom stereocenters. The fraction of sp³-hybridized carbons (Fsp3) is 0.722. The summed E-state index contributed by atoms with van der Waals surface area (Å²) in [7, 11) is -2.94. The summed E-state index contributed by atoms with van der Waals surface area (Å²) in [5.41, 5.74) is -0.153. The Morgan fingerprint density at radius 3 is 2.56 bits per heavy atom. The van der Waals surface area contributed by atoms with Gasteiger partial charge in [-0.15, -0.1) is 11.3 Å². The third kappa shape index (κ3) is 9.84. The molecule has 1 heterocycles. The van der Waals surface area contributed by atoms with Crippen LogP contribution in [0, 0.1) is 12.3 Å². The normalized spacial score (nSPS) is 14.4. The fourth-order valence-corrected chi connectivity index (χ4v) is 4.28. The third-order valence-corrected chi connectivity index (χ3v) is 5.81. The first kappa shape index (κ1) is 22.0. The number of aliphatic imine (C=N–C) groups is 1. The highest BCUT2D eigenvalue weighted by atomic mass is 32.2. The second-order valence-electron chi connectivity index (χ2n) is 7.50. The molecule has 5 nitrogen and oxygen atoms in total. The molecule has 7 heteroatoms. The number of hydrogen-bond acceptors (Lipinski definition) is 4. The lowest BCUT2D eigenvalue weighted by Crippen LogP contribution is -2.43. The van der Waals surface area contributed by atoms with Gasteiger partial charge in [-0.1, -0.05) is 13.8 Å². The van der Waals surface area contributed by atoms with Crippen LogP contribution in [0.4, 0.5) is 0 Å². The SMILES string of the molecule is CCNC(=NCC(C)(C)CCS(C)(=O)=O)NC(C)Cc1ccc(C)s1. The van der Waals surface area contributed by atoms with Crippen molar-refractivity contribution in [2.24, 2.45) is 10.4 Å². The molecule has 144 valence electrons. The van der Waals surface area contributed by atoms with E-state index in [2.05, 4.69) is 55.5 Å². The molecular formula is C18H33N3O2S2. The average Bonchev–Trinajstić information content (AvgIpc) is 2.87. The second-order valence-corrected chi connectivity index (χ2v) is 11.1. The molecule has 0 fully saturated rings. The number of sulfone groups is 1. The summed E-state index contributed by atoms with van der Waals surface area (Å²) in [5, 5.41) is 6.72. The second kappa shape index (κ2) is 9.57. The van der Waals surface area contributed by atoms with Crippen molar-refractivity contribution in [3.8, 4) is 0 Å². The van der Waals surface area contributed by atoms with Gasteiger partial charge in [-0.25, -0.2) is 8.42 Å². The van der Waals surface area contributed by atoms with Crippen LogP contribution < -0.4 is 10.6 Å². The molecule has 1 aromatic heterocycles. The molecule has 1 rings (SSSR count). The maximum atomic E-state index is 11.4. The van der Waals surface area contributed by atoms with E-state index in [0.717, 1.165) is 18.9 Å². The maximum absolute atomic E-state index is 11.4. The first-order valence-corrected chi connectivity index (χ1v) is 11.7. The molecular weight excluding hydrogens is 354 g/mol. The topological polar surface area (TPSA) is 70.6 Å². The first-order valence-electron chi connectivity index (χ1n) is 8.78. The highest BCUT2D eigenvalue weighted by molar-refractivity contribution is 7.90. The summed E-state index contributed by atoms with van der Waals surface area (Å²) < 4.78 is 22.8. The Hall–Kier alpha value is -1.08. The molecule has 0 saturated heterocycles. The molecule has 0 aliphatic heterocycles. The molecule has 0 radical (unpaired) electrons. The monoisotopic (exact) mass is 387 g/mol. The van der Waals surface area contributed by atoms with E-state index in [1.807, 2.05) is 18.3 Å². The number of guanidine groups is 1. The lowest BCUT2D eigenvalue weighted by Gasteiger charge is -2.23. The van der Waals surface area contributed by atoms with Crippen LogP contribution >= 0.6 is 11.3 Å². The number of hydrogen-bond donors (Lipinski definition) is 2. The molecule has 0 amide bonds. The van der Waals surface area contributed by atoms with Crippen LogP contribution in [-0.4, -0.2) is 45.5 Å². The molecule has 1 aromatic rings. The Bertz CT molecular complexity index is 664. The van der Waals surface area contributed by atoms with Crippen LogP contribution in [0.2, 0.25) is 0 Å². The van der Waals surface area contributed by atoms with Gasteiger partial charge in [-0.2, -0.15) is 0 Å². The Labute approximate surface area is 157 Å². The lowest BCUT2D eigenvalue weighted by atomic mass is 9.90. The van der Waals surface area contributed by atoms with Crippen LogP contribution in [0.3, 0.4) is 0 Å².